The summed E-state index contributed by atoms with van der Waals surface area (Å²) in [5.41, 5.74) is 3.19. The number of nitrogens with zero attached hydrogens (tertiary/aromatic N) is 4. The van der Waals surface area contributed by atoms with Gasteiger partial charge in [0.1, 0.15) is 0 Å². The lowest BCUT2D eigenvalue weighted by atomic mass is 10.1. The van der Waals surface area contributed by atoms with Gasteiger partial charge in [-0.3, -0.25) is 4.98 Å². The van der Waals surface area contributed by atoms with Crippen LogP contribution in [0.25, 0.3) is 11.0 Å². The van der Waals surface area contributed by atoms with E-state index in [9.17, 15) is 0 Å². The first-order valence-electron chi connectivity index (χ1n) is 5.50. The molecule has 0 unspecified atom stereocenters. The number of imidazole rings is 1. The highest BCUT2D eigenvalue weighted by Crippen LogP contribution is 2.22. The summed E-state index contributed by atoms with van der Waals surface area (Å²) in [4.78, 5) is 11.1. The molecule has 4 heteroatoms. The average molecular weight is 218 g/mol. The van der Waals surface area contributed by atoms with Crippen molar-refractivity contribution in [2.75, 3.05) is 19.0 Å². The Morgan fingerprint density at radius 1 is 1.31 bits per heavy atom. The molecule has 0 radical (unpaired) electrons. The van der Waals surface area contributed by atoms with E-state index in [1.54, 1.807) is 0 Å². The number of hydrogen-bond acceptors (Lipinski definition) is 3. The van der Waals surface area contributed by atoms with Crippen molar-refractivity contribution in [3.63, 3.8) is 0 Å². The first-order valence-corrected chi connectivity index (χ1v) is 5.50. The van der Waals surface area contributed by atoms with Crippen LogP contribution in [-0.2, 0) is 7.05 Å². The van der Waals surface area contributed by atoms with Crippen LogP contribution in [0.2, 0.25) is 0 Å². The quantitative estimate of drug-likeness (QED) is 0.774. The van der Waals surface area contributed by atoms with E-state index in [4.69, 9.17) is 0 Å². The van der Waals surface area contributed by atoms with Crippen molar-refractivity contribution in [2.24, 2.45) is 7.05 Å². The summed E-state index contributed by atoms with van der Waals surface area (Å²) >= 11 is 0. The van der Waals surface area contributed by atoms with Gasteiger partial charge in [0, 0.05) is 26.8 Å². The van der Waals surface area contributed by atoms with Crippen LogP contribution in [0.3, 0.4) is 0 Å². The third-order valence-electron chi connectivity index (χ3n) is 2.76. The summed E-state index contributed by atoms with van der Waals surface area (Å²) in [6.45, 7) is 4.29. The minimum Gasteiger partial charge on any atom is -0.348 e. The predicted molar refractivity (Wildman–Crippen MR) is 66.9 cm³/mol. The lowest BCUT2D eigenvalue weighted by Gasteiger charge is -2.10. The molecule has 2 rings (SSSR count). The first kappa shape index (κ1) is 10.9. The Labute approximate surface area is 95.9 Å². The van der Waals surface area contributed by atoms with Crippen LogP contribution in [0.4, 0.5) is 5.95 Å². The maximum absolute atomic E-state index is 4.60. The highest BCUT2D eigenvalue weighted by molar-refractivity contribution is 5.78. The molecule has 2 heterocycles. The number of rotatable bonds is 2. The van der Waals surface area contributed by atoms with E-state index in [1.165, 1.54) is 0 Å². The second-order valence-corrected chi connectivity index (χ2v) is 4.62. The van der Waals surface area contributed by atoms with E-state index >= 15 is 0 Å². The van der Waals surface area contributed by atoms with Crippen molar-refractivity contribution in [1.82, 2.24) is 14.5 Å². The molecule has 86 valence electrons. The zero-order valence-corrected chi connectivity index (χ0v) is 10.5. The van der Waals surface area contributed by atoms with E-state index in [0.717, 1.165) is 22.7 Å². The van der Waals surface area contributed by atoms with Gasteiger partial charge in [0.2, 0.25) is 5.95 Å². The van der Waals surface area contributed by atoms with Gasteiger partial charge >= 0.3 is 0 Å². The molecule has 0 amide bonds. The van der Waals surface area contributed by atoms with Gasteiger partial charge < -0.3 is 9.47 Å². The molecular weight excluding hydrogens is 200 g/mol. The van der Waals surface area contributed by atoms with Gasteiger partial charge in [0.15, 0.2) is 0 Å². The van der Waals surface area contributed by atoms with Crippen LogP contribution in [0.1, 0.15) is 25.5 Å². The molecule has 0 N–H and O–H groups in total. The predicted octanol–water partition coefficient (Wildman–Crippen LogP) is 2.16. The molecule has 4 nitrogen and oxygen atoms in total. The van der Waals surface area contributed by atoms with Crippen molar-refractivity contribution >= 4 is 17.0 Å². The van der Waals surface area contributed by atoms with Crippen LogP contribution in [0, 0.1) is 0 Å². The van der Waals surface area contributed by atoms with E-state index < -0.39 is 0 Å². The van der Waals surface area contributed by atoms with Gasteiger partial charge in [-0.15, -0.1) is 0 Å². The van der Waals surface area contributed by atoms with Gasteiger partial charge in [0.25, 0.3) is 0 Å². The fraction of sp³-hybridized carbons (Fsp3) is 0.500. The zero-order valence-electron chi connectivity index (χ0n) is 10.5. The topological polar surface area (TPSA) is 34.0 Å². The third-order valence-corrected chi connectivity index (χ3v) is 2.76. The van der Waals surface area contributed by atoms with E-state index in [-0.39, 0.29) is 0 Å². The van der Waals surface area contributed by atoms with Crippen LogP contribution in [0.15, 0.2) is 12.3 Å². The van der Waals surface area contributed by atoms with E-state index in [1.807, 2.05) is 32.2 Å². The summed E-state index contributed by atoms with van der Waals surface area (Å²) in [5, 5.41) is 0. The molecular formula is C12H18N4. The summed E-state index contributed by atoms with van der Waals surface area (Å²) in [6.07, 6.45) is 1.91. The summed E-state index contributed by atoms with van der Waals surface area (Å²) in [5.74, 6) is 1.40. The molecule has 0 atom stereocenters. The molecule has 0 aromatic carbocycles. The number of fused-ring (bicyclic) bond motifs is 1. The fourth-order valence-electron chi connectivity index (χ4n) is 1.81. The van der Waals surface area contributed by atoms with Crippen molar-refractivity contribution in [3.05, 3.63) is 18.0 Å². The smallest absolute Gasteiger partial charge is 0.205 e. The molecule has 0 aliphatic heterocycles. The first-order chi connectivity index (χ1) is 7.50. The Morgan fingerprint density at radius 3 is 2.56 bits per heavy atom. The summed E-state index contributed by atoms with van der Waals surface area (Å²) in [6, 6.07) is 2.08. The monoisotopic (exact) mass is 218 g/mol. The van der Waals surface area contributed by atoms with E-state index in [0.29, 0.717) is 5.92 Å². The Kier molecular flexibility index (Phi) is 2.58. The molecule has 0 saturated carbocycles. The minimum absolute atomic E-state index is 0.439. The van der Waals surface area contributed by atoms with Gasteiger partial charge in [-0.25, -0.2) is 4.98 Å². The van der Waals surface area contributed by atoms with Crippen molar-refractivity contribution in [3.8, 4) is 0 Å². The largest absolute Gasteiger partial charge is 0.348 e. The summed E-state index contributed by atoms with van der Waals surface area (Å²) in [7, 11) is 6.01. The maximum Gasteiger partial charge on any atom is 0.205 e. The lowest BCUT2D eigenvalue weighted by molar-refractivity contribution is 0.824. The highest BCUT2D eigenvalue weighted by Gasteiger charge is 2.11. The molecule has 0 aliphatic carbocycles. The third kappa shape index (κ3) is 1.64. The standard InChI is InChI=1S/C12H18N4/c1-8(2)9-6-10-11(7-13-9)16(5)12(14-10)15(3)4/h6-8H,1-5H3. The molecule has 2 aromatic rings. The summed E-state index contributed by atoms with van der Waals surface area (Å²) < 4.78 is 2.06. The van der Waals surface area contributed by atoms with Gasteiger partial charge in [-0.1, -0.05) is 13.8 Å². The molecule has 0 saturated heterocycles. The van der Waals surface area contributed by atoms with Crippen molar-refractivity contribution in [1.29, 1.82) is 0 Å². The second-order valence-electron chi connectivity index (χ2n) is 4.62. The van der Waals surface area contributed by atoms with E-state index in [2.05, 4.69) is 34.4 Å². The van der Waals surface area contributed by atoms with Gasteiger partial charge in [0.05, 0.1) is 17.2 Å². The van der Waals surface area contributed by atoms with Crippen LogP contribution in [-0.4, -0.2) is 28.6 Å². The van der Waals surface area contributed by atoms with Gasteiger partial charge in [-0.05, 0) is 12.0 Å². The molecule has 0 fully saturated rings. The highest BCUT2D eigenvalue weighted by atomic mass is 15.3. The van der Waals surface area contributed by atoms with Crippen LogP contribution in [0.5, 0.6) is 0 Å². The SMILES string of the molecule is CC(C)c1cc2nc(N(C)C)n(C)c2cn1. The number of aryl methyl sites for hydroxylation is 1. The number of aromatic nitrogens is 3. The molecule has 16 heavy (non-hydrogen) atoms. The fourth-order valence-corrected chi connectivity index (χ4v) is 1.81. The number of pyridine rings is 1. The minimum atomic E-state index is 0.439. The molecule has 0 aliphatic rings. The molecule has 0 spiro atoms. The van der Waals surface area contributed by atoms with Crippen molar-refractivity contribution in [2.45, 2.75) is 19.8 Å². The Bertz CT molecular complexity index is 511. The van der Waals surface area contributed by atoms with Crippen LogP contribution < -0.4 is 4.90 Å². The van der Waals surface area contributed by atoms with Gasteiger partial charge in [-0.2, -0.15) is 0 Å². The average Bonchev–Trinajstić information content (AvgIpc) is 2.55. The number of anilines is 1. The number of hydrogen-bond donors (Lipinski definition) is 0. The Morgan fingerprint density at radius 2 is 2.00 bits per heavy atom. The molecule has 2 aromatic heterocycles. The zero-order chi connectivity index (χ0) is 11.9. The lowest BCUT2D eigenvalue weighted by Crippen LogP contribution is -2.13. The maximum atomic E-state index is 4.60. The molecule has 0 bridgehead atoms. The normalized spacial score (nSPS) is 11.4. The van der Waals surface area contributed by atoms with Crippen LogP contribution >= 0.6 is 0 Å². The van der Waals surface area contributed by atoms with Crippen molar-refractivity contribution < 1.29 is 0 Å². The Hall–Kier alpha value is -1.58. The Balaban J connectivity index is 2.63. The second kappa shape index (κ2) is 3.77.